The van der Waals surface area contributed by atoms with Gasteiger partial charge >= 0.3 is 0 Å². The van der Waals surface area contributed by atoms with E-state index in [1.807, 2.05) is 18.6 Å². The van der Waals surface area contributed by atoms with E-state index in [9.17, 15) is 0 Å². The molecule has 0 saturated carbocycles. The minimum absolute atomic E-state index is 0.432. The Morgan fingerprint density at radius 1 is 1.04 bits per heavy atom. The molecule has 3 heterocycles. The van der Waals surface area contributed by atoms with E-state index in [2.05, 4.69) is 56.7 Å². The molecule has 0 amide bonds. The highest BCUT2D eigenvalue weighted by Crippen LogP contribution is 2.29. The number of rotatable bonds is 7. The van der Waals surface area contributed by atoms with Crippen molar-refractivity contribution in [3.8, 4) is 5.82 Å². The first-order valence-corrected chi connectivity index (χ1v) is 10.4. The molecule has 1 aliphatic heterocycles. The predicted octanol–water partition coefficient (Wildman–Crippen LogP) is 4.04. The second kappa shape index (κ2) is 9.11. The summed E-state index contributed by atoms with van der Waals surface area (Å²) >= 11 is 0. The number of nitrogens with zero attached hydrogens (tertiary/aromatic N) is 5. The number of piperidine rings is 1. The Kier molecular flexibility index (Phi) is 6.12. The summed E-state index contributed by atoms with van der Waals surface area (Å²) < 4.78 is 2.11. The number of aryl methyl sites for hydroxylation is 2. The first-order chi connectivity index (χ1) is 13.8. The van der Waals surface area contributed by atoms with Gasteiger partial charge in [-0.05, 0) is 44.3 Å². The van der Waals surface area contributed by atoms with Crippen molar-refractivity contribution in [3.63, 3.8) is 0 Å². The maximum absolute atomic E-state index is 4.76. The van der Waals surface area contributed by atoms with Gasteiger partial charge in [0, 0.05) is 43.7 Å². The van der Waals surface area contributed by atoms with Gasteiger partial charge in [-0.15, -0.1) is 0 Å². The molecule has 0 radical (unpaired) electrons. The van der Waals surface area contributed by atoms with Crippen molar-refractivity contribution >= 4 is 0 Å². The Morgan fingerprint density at radius 2 is 1.89 bits per heavy atom. The van der Waals surface area contributed by atoms with Crippen LogP contribution in [0.15, 0.2) is 55.1 Å². The monoisotopic (exact) mass is 375 g/mol. The van der Waals surface area contributed by atoms with Crippen molar-refractivity contribution in [1.29, 1.82) is 0 Å². The van der Waals surface area contributed by atoms with E-state index in [4.69, 9.17) is 4.98 Å². The van der Waals surface area contributed by atoms with Crippen molar-refractivity contribution in [2.45, 2.75) is 44.9 Å². The highest BCUT2D eigenvalue weighted by Gasteiger charge is 2.25. The summed E-state index contributed by atoms with van der Waals surface area (Å²) in [4.78, 5) is 16.5. The van der Waals surface area contributed by atoms with Gasteiger partial charge in [-0.2, -0.15) is 0 Å². The summed E-state index contributed by atoms with van der Waals surface area (Å²) in [5, 5.41) is 0. The molecule has 1 saturated heterocycles. The Morgan fingerprint density at radius 3 is 2.75 bits per heavy atom. The lowest BCUT2D eigenvalue weighted by molar-refractivity contribution is 0.204. The van der Waals surface area contributed by atoms with Crippen LogP contribution >= 0.6 is 0 Å². The van der Waals surface area contributed by atoms with E-state index in [-0.39, 0.29) is 0 Å². The van der Waals surface area contributed by atoms with Crippen LogP contribution in [0.5, 0.6) is 0 Å². The van der Waals surface area contributed by atoms with Crippen LogP contribution in [-0.4, -0.2) is 44.1 Å². The normalized spacial score (nSPS) is 17.7. The van der Waals surface area contributed by atoms with E-state index < -0.39 is 0 Å². The topological polar surface area (TPSA) is 46.8 Å². The smallest absolute Gasteiger partial charge is 0.160 e. The molecular formula is C23H29N5. The van der Waals surface area contributed by atoms with Gasteiger partial charge in [0.15, 0.2) is 5.82 Å². The average molecular weight is 376 g/mol. The zero-order valence-corrected chi connectivity index (χ0v) is 16.7. The third kappa shape index (κ3) is 4.30. The van der Waals surface area contributed by atoms with Gasteiger partial charge in [0.1, 0.15) is 5.82 Å². The Balaban J connectivity index is 1.43. The predicted molar refractivity (Wildman–Crippen MR) is 112 cm³/mol. The molecule has 5 heteroatoms. The molecule has 0 unspecified atom stereocenters. The van der Waals surface area contributed by atoms with Crippen LogP contribution in [0.4, 0.5) is 0 Å². The van der Waals surface area contributed by atoms with Gasteiger partial charge in [0.2, 0.25) is 0 Å². The zero-order chi connectivity index (χ0) is 19.2. The number of imidazole rings is 1. The van der Waals surface area contributed by atoms with Crippen LogP contribution in [0.25, 0.3) is 5.82 Å². The Bertz CT molecular complexity index is 873. The molecule has 28 heavy (non-hydrogen) atoms. The molecule has 3 aromatic rings. The Labute approximate surface area is 167 Å². The second-order valence-corrected chi connectivity index (χ2v) is 7.56. The van der Waals surface area contributed by atoms with Gasteiger partial charge in [-0.25, -0.2) is 9.97 Å². The maximum Gasteiger partial charge on any atom is 0.160 e. The van der Waals surface area contributed by atoms with E-state index in [1.54, 1.807) is 6.20 Å². The van der Waals surface area contributed by atoms with E-state index in [0.717, 1.165) is 43.3 Å². The molecule has 0 bridgehead atoms. The lowest BCUT2D eigenvalue weighted by atomic mass is 9.94. The summed E-state index contributed by atoms with van der Waals surface area (Å²) in [5.74, 6) is 2.42. The van der Waals surface area contributed by atoms with Crippen LogP contribution in [-0.2, 0) is 12.8 Å². The SMILES string of the molecule is CCc1nccn1-c1nccnc1[C@@H]1CCCN(CCCc2ccccc2)C1. The van der Waals surface area contributed by atoms with E-state index in [1.165, 1.54) is 31.4 Å². The minimum atomic E-state index is 0.432. The van der Waals surface area contributed by atoms with Crippen LogP contribution in [0.1, 0.15) is 49.2 Å². The lowest BCUT2D eigenvalue weighted by Gasteiger charge is -2.33. The van der Waals surface area contributed by atoms with E-state index >= 15 is 0 Å². The molecule has 1 fully saturated rings. The highest BCUT2D eigenvalue weighted by molar-refractivity contribution is 5.33. The highest BCUT2D eigenvalue weighted by atomic mass is 15.2. The summed E-state index contributed by atoms with van der Waals surface area (Å²) in [7, 11) is 0. The summed E-state index contributed by atoms with van der Waals surface area (Å²) in [5.41, 5.74) is 2.54. The molecule has 1 aliphatic rings. The third-order valence-electron chi connectivity index (χ3n) is 5.64. The minimum Gasteiger partial charge on any atom is -0.303 e. The molecular weight excluding hydrogens is 346 g/mol. The maximum atomic E-state index is 4.76. The largest absolute Gasteiger partial charge is 0.303 e. The van der Waals surface area contributed by atoms with Crippen molar-refractivity contribution in [2.24, 2.45) is 0 Å². The number of benzene rings is 1. The fourth-order valence-corrected chi connectivity index (χ4v) is 4.24. The van der Waals surface area contributed by atoms with Gasteiger partial charge < -0.3 is 4.90 Å². The third-order valence-corrected chi connectivity index (χ3v) is 5.64. The first kappa shape index (κ1) is 18.8. The molecule has 0 spiro atoms. The van der Waals surface area contributed by atoms with Crippen molar-refractivity contribution in [3.05, 3.63) is 72.2 Å². The fourth-order valence-electron chi connectivity index (χ4n) is 4.24. The fraction of sp³-hybridized carbons (Fsp3) is 0.435. The standard InChI is InChI=1S/C23H29N5/c1-2-21-24-14-17-28(21)23-22(25-12-13-26-23)20-11-7-16-27(18-20)15-6-10-19-8-4-3-5-9-19/h3-5,8-9,12-14,17,20H,2,6-7,10-11,15-16,18H2,1H3/t20-/m1/s1. The average Bonchev–Trinajstić information content (AvgIpc) is 3.23. The summed E-state index contributed by atoms with van der Waals surface area (Å²) in [6, 6.07) is 10.8. The van der Waals surface area contributed by atoms with Crippen LogP contribution < -0.4 is 0 Å². The molecule has 1 atom stereocenters. The van der Waals surface area contributed by atoms with Crippen molar-refractivity contribution in [2.75, 3.05) is 19.6 Å². The van der Waals surface area contributed by atoms with Crippen molar-refractivity contribution in [1.82, 2.24) is 24.4 Å². The molecule has 5 nitrogen and oxygen atoms in total. The lowest BCUT2D eigenvalue weighted by Crippen LogP contribution is -2.36. The van der Waals surface area contributed by atoms with Crippen LogP contribution in [0.2, 0.25) is 0 Å². The van der Waals surface area contributed by atoms with Gasteiger partial charge in [-0.3, -0.25) is 9.55 Å². The Hall–Kier alpha value is -2.53. The second-order valence-electron chi connectivity index (χ2n) is 7.56. The molecule has 0 N–H and O–H groups in total. The summed E-state index contributed by atoms with van der Waals surface area (Å²) in [6.07, 6.45) is 13.1. The molecule has 1 aromatic carbocycles. The zero-order valence-electron chi connectivity index (χ0n) is 16.7. The summed E-state index contributed by atoms with van der Waals surface area (Å²) in [6.45, 7) is 5.53. The first-order valence-electron chi connectivity index (χ1n) is 10.4. The molecule has 4 rings (SSSR count). The molecule has 0 aliphatic carbocycles. The van der Waals surface area contributed by atoms with Crippen molar-refractivity contribution < 1.29 is 0 Å². The molecule has 2 aromatic heterocycles. The number of hydrogen-bond acceptors (Lipinski definition) is 4. The van der Waals surface area contributed by atoms with E-state index in [0.29, 0.717) is 5.92 Å². The number of aromatic nitrogens is 4. The van der Waals surface area contributed by atoms with Gasteiger partial charge in [0.25, 0.3) is 0 Å². The van der Waals surface area contributed by atoms with Gasteiger partial charge in [0.05, 0.1) is 5.69 Å². The number of likely N-dealkylation sites (tertiary alicyclic amines) is 1. The molecule has 146 valence electrons. The number of hydrogen-bond donors (Lipinski definition) is 0. The quantitative estimate of drug-likeness (QED) is 0.625. The van der Waals surface area contributed by atoms with Crippen LogP contribution in [0, 0.1) is 0 Å². The van der Waals surface area contributed by atoms with Crippen LogP contribution in [0.3, 0.4) is 0 Å². The van der Waals surface area contributed by atoms with Gasteiger partial charge in [-0.1, -0.05) is 37.3 Å².